The van der Waals surface area contributed by atoms with Gasteiger partial charge in [-0.25, -0.2) is 0 Å². The zero-order valence-electron chi connectivity index (χ0n) is 10.7. The van der Waals surface area contributed by atoms with Crippen LogP contribution in [-0.4, -0.2) is 0 Å². The maximum Gasteiger partial charge on any atom is 0.416 e. The minimum atomic E-state index is -4.65. The average molecular weight is 284 g/mol. The lowest BCUT2D eigenvalue weighted by molar-refractivity contribution is -0.142. The first-order chi connectivity index (χ1) is 8.31. The molecule has 0 aliphatic carbocycles. The van der Waals surface area contributed by atoms with Crippen molar-refractivity contribution in [3.8, 4) is 0 Å². The lowest BCUT2D eigenvalue weighted by Crippen LogP contribution is -2.17. The van der Waals surface area contributed by atoms with Gasteiger partial charge in [0.2, 0.25) is 0 Å². The van der Waals surface area contributed by atoms with Crippen LogP contribution < -0.4 is 0 Å². The van der Waals surface area contributed by atoms with Gasteiger partial charge in [0.15, 0.2) is 0 Å². The Balaban J connectivity index is 3.35. The molecule has 1 aromatic carbocycles. The van der Waals surface area contributed by atoms with Crippen molar-refractivity contribution >= 4 is 0 Å². The molecule has 108 valence electrons. The van der Waals surface area contributed by atoms with Gasteiger partial charge in [0.1, 0.15) is 0 Å². The number of rotatable bonds is 1. The molecule has 1 rings (SSSR count). The fourth-order valence-electron chi connectivity index (χ4n) is 1.76. The van der Waals surface area contributed by atoms with Crippen LogP contribution in [0.2, 0.25) is 0 Å². The van der Waals surface area contributed by atoms with Gasteiger partial charge >= 0.3 is 12.4 Å². The number of hydrogen-bond donors (Lipinski definition) is 0. The standard InChI is InChI=1S/C13H14F6/c1-11(2,3)7-8-6-9(12(14,15)16)4-5-10(8)13(17,18)19/h4-6H,7H2,1-3H3. The second-order valence-electron chi connectivity index (χ2n) is 5.60. The third-order valence-corrected chi connectivity index (χ3v) is 2.46. The molecule has 0 aromatic heterocycles. The monoisotopic (exact) mass is 284 g/mol. The number of benzene rings is 1. The van der Waals surface area contributed by atoms with Crippen LogP contribution in [0.15, 0.2) is 18.2 Å². The molecule has 0 aliphatic rings. The van der Waals surface area contributed by atoms with E-state index in [1.54, 1.807) is 20.8 Å². The predicted octanol–water partition coefficient (Wildman–Crippen LogP) is 5.31. The van der Waals surface area contributed by atoms with Gasteiger partial charge in [-0.1, -0.05) is 20.8 Å². The number of alkyl halides is 6. The maximum atomic E-state index is 12.8. The van der Waals surface area contributed by atoms with E-state index in [1.807, 2.05) is 0 Å². The molecule has 0 nitrogen and oxygen atoms in total. The molecule has 0 N–H and O–H groups in total. The first-order valence-corrected chi connectivity index (χ1v) is 5.58. The summed E-state index contributed by atoms with van der Waals surface area (Å²) in [5, 5.41) is 0. The van der Waals surface area contributed by atoms with Crippen molar-refractivity contribution in [1.29, 1.82) is 0 Å². The van der Waals surface area contributed by atoms with Crippen LogP contribution >= 0.6 is 0 Å². The largest absolute Gasteiger partial charge is 0.416 e. The van der Waals surface area contributed by atoms with E-state index in [0.29, 0.717) is 18.2 Å². The van der Waals surface area contributed by atoms with E-state index >= 15 is 0 Å². The molecular formula is C13H14F6. The minimum absolute atomic E-state index is 0.0776. The van der Waals surface area contributed by atoms with Crippen LogP contribution in [0.25, 0.3) is 0 Å². The van der Waals surface area contributed by atoms with Gasteiger partial charge in [-0.3, -0.25) is 0 Å². The highest BCUT2D eigenvalue weighted by Crippen LogP contribution is 2.38. The number of halogens is 6. The molecule has 0 spiro atoms. The Morgan fingerprint density at radius 1 is 0.842 bits per heavy atom. The Morgan fingerprint density at radius 3 is 1.74 bits per heavy atom. The fraction of sp³-hybridized carbons (Fsp3) is 0.538. The molecule has 0 saturated carbocycles. The van der Waals surface area contributed by atoms with E-state index < -0.39 is 28.9 Å². The molecule has 0 unspecified atom stereocenters. The molecule has 1 aromatic rings. The molecule has 0 aliphatic heterocycles. The van der Waals surface area contributed by atoms with Gasteiger partial charge < -0.3 is 0 Å². The Labute approximate surface area is 107 Å². The molecule has 0 atom stereocenters. The maximum absolute atomic E-state index is 12.8. The molecular weight excluding hydrogens is 270 g/mol. The van der Waals surface area contributed by atoms with Gasteiger partial charge in [0.25, 0.3) is 0 Å². The second kappa shape index (κ2) is 4.72. The molecule has 0 bridgehead atoms. The van der Waals surface area contributed by atoms with Crippen molar-refractivity contribution in [3.63, 3.8) is 0 Å². The van der Waals surface area contributed by atoms with Crippen molar-refractivity contribution in [1.82, 2.24) is 0 Å². The highest BCUT2D eigenvalue weighted by atomic mass is 19.4. The highest BCUT2D eigenvalue weighted by Gasteiger charge is 2.37. The molecule has 6 heteroatoms. The topological polar surface area (TPSA) is 0 Å². The Kier molecular flexibility index (Phi) is 3.94. The zero-order valence-corrected chi connectivity index (χ0v) is 10.7. The van der Waals surface area contributed by atoms with Crippen LogP contribution in [-0.2, 0) is 18.8 Å². The molecule has 0 radical (unpaired) electrons. The summed E-state index contributed by atoms with van der Waals surface area (Å²) >= 11 is 0. The molecule has 0 amide bonds. The van der Waals surface area contributed by atoms with Crippen LogP contribution in [0, 0.1) is 5.41 Å². The van der Waals surface area contributed by atoms with Crippen LogP contribution in [0.3, 0.4) is 0 Å². The lowest BCUT2D eigenvalue weighted by Gasteiger charge is -2.22. The summed E-state index contributed by atoms with van der Waals surface area (Å²) in [5.41, 5.74) is -2.92. The molecule has 0 fully saturated rings. The molecule has 0 heterocycles. The van der Waals surface area contributed by atoms with Crippen molar-refractivity contribution in [2.45, 2.75) is 39.5 Å². The number of hydrogen-bond acceptors (Lipinski definition) is 0. The SMILES string of the molecule is CC(C)(C)Cc1cc(C(F)(F)F)ccc1C(F)(F)F. The third-order valence-electron chi connectivity index (χ3n) is 2.46. The molecule has 0 saturated heterocycles. The Hall–Kier alpha value is -1.20. The summed E-state index contributed by atoms with van der Waals surface area (Å²) in [6, 6.07) is 1.56. The van der Waals surface area contributed by atoms with E-state index in [-0.39, 0.29) is 12.0 Å². The summed E-state index contributed by atoms with van der Waals surface area (Å²) in [7, 11) is 0. The van der Waals surface area contributed by atoms with E-state index in [9.17, 15) is 26.3 Å². The first kappa shape index (κ1) is 15.9. The van der Waals surface area contributed by atoms with E-state index in [4.69, 9.17) is 0 Å². The second-order valence-corrected chi connectivity index (χ2v) is 5.60. The van der Waals surface area contributed by atoms with Crippen LogP contribution in [0.1, 0.15) is 37.5 Å². The van der Waals surface area contributed by atoms with Crippen molar-refractivity contribution in [2.24, 2.45) is 5.41 Å². The fourth-order valence-corrected chi connectivity index (χ4v) is 1.76. The quantitative estimate of drug-likeness (QED) is 0.613. The van der Waals surface area contributed by atoms with Crippen LogP contribution in [0.4, 0.5) is 26.3 Å². The highest BCUT2D eigenvalue weighted by molar-refractivity contribution is 5.36. The summed E-state index contributed by atoms with van der Waals surface area (Å²) in [4.78, 5) is 0. The summed E-state index contributed by atoms with van der Waals surface area (Å²) < 4.78 is 76.0. The summed E-state index contributed by atoms with van der Waals surface area (Å²) in [5.74, 6) is 0. The predicted molar refractivity (Wildman–Crippen MR) is 59.6 cm³/mol. The first-order valence-electron chi connectivity index (χ1n) is 5.58. The van der Waals surface area contributed by atoms with Crippen LogP contribution in [0.5, 0.6) is 0 Å². The van der Waals surface area contributed by atoms with E-state index in [0.717, 1.165) is 0 Å². The zero-order chi connectivity index (χ0) is 15.1. The van der Waals surface area contributed by atoms with Gasteiger partial charge in [0, 0.05) is 0 Å². The van der Waals surface area contributed by atoms with Gasteiger partial charge in [-0.15, -0.1) is 0 Å². The van der Waals surface area contributed by atoms with E-state index in [1.165, 1.54) is 0 Å². The third kappa shape index (κ3) is 4.44. The summed E-state index contributed by atoms with van der Waals surface area (Å²) in [6.45, 7) is 5.02. The van der Waals surface area contributed by atoms with Crippen molar-refractivity contribution in [2.75, 3.05) is 0 Å². The average Bonchev–Trinajstić information content (AvgIpc) is 2.11. The normalized spacial score (nSPS) is 13.7. The lowest BCUT2D eigenvalue weighted by atomic mass is 9.85. The summed E-state index contributed by atoms with van der Waals surface area (Å²) in [6.07, 6.45) is -9.37. The van der Waals surface area contributed by atoms with Gasteiger partial charge in [-0.05, 0) is 35.6 Å². The van der Waals surface area contributed by atoms with Crippen molar-refractivity contribution in [3.05, 3.63) is 34.9 Å². The van der Waals surface area contributed by atoms with Gasteiger partial charge in [-0.2, -0.15) is 26.3 Å². The Morgan fingerprint density at radius 2 is 1.37 bits per heavy atom. The Bertz CT molecular complexity index is 448. The van der Waals surface area contributed by atoms with E-state index in [2.05, 4.69) is 0 Å². The smallest absolute Gasteiger partial charge is 0.166 e. The van der Waals surface area contributed by atoms with Crippen molar-refractivity contribution < 1.29 is 26.3 Å². The minimum Gasteiger partial charge on any atom is -0.166 e. The molecule has 19 heavy (non-hydrogen) atoms. The van der Waals surface area contributed by atoms with Gasteiger partial charge in [0.05, 0.1) is 11.1 Å².